The largest absolute Gasteiger partial charge is 0.464 e. The summed E-state index contributed by atoms with van der Waals surface area (Å²) in [5.41, 5.74) is -0.167. The molecule has 0 aromatic carbocycles. The SMILES string of the molecule is COC(=O)c1cc(=O)[nH]n1CCOCCCl. The van der Waals surface area contributed by atoms with Gasteiger partial charge >= 0.3 is 5.97 Å². The molecule has 0 saturated heterocycles. The van der Waals surface area contributed by atoms with Crippen LogP contribution in [0.2, 0.25) is 0 Å². The van der Waals surface area contributed by atoms with E-state index in [1.807, 2.05) is 0 Å². The lowest BCUT2D eigenvalue weighted by molar-refractivity contribution is 0.0582. The summed E-state index contributed by atoms with van der Waals surface area (Å²) in [6, 6.07) is 1.19. The zero-order chi connectivity index (χ0) is 12.0. The van der Waals surface area contributed by atoms with Gasteiger partial charge in [0.25, 0.3) is 5.56 Å². The Kier molecular flexibility index (Phi) is 5.07. The van der Waals surface area contributed by atoms with Crippen molar-refractivity contribution in [3.63, 3.8) is 0 Å². The van der Waals surface area contributed by atoms with E-state index < -0.39 is 5.97 Å². The van der Waals surface area contributed by atoms with Crippen LogP contribution >= 0.6 is 11.6 Å². The van der Waals surface area contributed by atoms with E-state index >= 15 is 0 Å². The quantitative estimate of drug-likeness (QED) is 0.444. The predicted molar refractivity (Wildman–Crippen MR) is 57.9 cm³/mol. The van der Waals surface area contributed by atoms with Gasteiger partial charge in [-0.1, -0.05) is 0 Å². The first-order valence-electron chi connectivity index (χ1n) is 4.71. The van der Waals surface area contributed by atoms with E-state index in [4.69, 9.17) is 16.3 Å². The average molecular weight is 249 g/mol. The summed E-state index contributed by atoms with van der Waals surface area (Å²) in [7, 11) is 1.26. The number of nitrogens with one attached hydrogen (secondary N) is 1. The highest BCUT2D eigenvalue weighted by atomic mass is 35.5. The zero-order valence-electron chi connectivity index (χ0n) is 8.86. The molecule has 0 fully saturated rings. The number of hydrogen-bond acceptors (Lipinski definition) is 4. The molecule has 0 saturated carbocycles. The molecular formula is C9H13ClN2O4. The number of alkyl halides is 1. The molecule has 0 aliphatic carbocycles. The Balaban J connectivity index is 2.64. The second-order valence-electron chi connectivity index (χ2n) is 2.95. The minimum atomic E-state index is -0.560. The molecular weight excluding hydrogens is 236 g/mol. The Hall–Kier alpha value is -1.27. The van der Waals surface area contributed by atoms with Crippen molar-refractivity contribution >= 4 is 17.6 Å². The van der Waals surface area contributed by atoms with Gasteiger partial charge in [-0.15, -0.1) is 11.6 Å². The number of methoxy groups -OCH3 is 1. The molecule has 0 unspecified atom stereocenters. The lowest BCUT2D eigenvalue weighted by atomic mass is 10.4. The van der Waals surface area contributed by atoms with E-state index in [1.54, 1.807) is 0 Å². The van der Waals surface area contributed by atoms with Crippen molar-refractivity contribution in [3.05, 3.63) is 22.1 Å². The van der Waals surface area contributed by atoms with Gasteiger partial charge in [0.1, 0.15) is 5.69 Å². The third kappa shape index (κ3) is 3.39. The van der Waals surface area contributed by atoms with Crippen LogP contribution in [0.4, 0.5) is 0 Å². The molecule has 1 aromatic rings. The van der Waals surface area contributed by atoms with Crippen LogP contribution < -0.4 is 5.56 Å². The van der Waals surface area contributed by atoms with Gasteiger partial charge in [-0.05, 0) is 0 Å². The fraction of sp³-hybridized carbons (Fsp3) is 0.556. The maximum absolute atomic E-state index is 11.3. The first-order valence-corrected chi connectivity index (χ1v) is 5.24. The van der Waals surface area contributed by atoms with Gasteiger partial charge < -0.3 is 9.47 Å². The molecule has 90 valence electrons. The highest BCUT2D eigenvalue weighted by molar-refractivity contribution is 6.17. The molecule has 0 bridgehead atoms. The molecule has 0 radical (unpaired) electrons. The van der Waals surface area contributed by atoms with Gasteiger partial charge in [0.2, 0.25) is 0 Å². The van der Waals surface area contributed by atoms with E-state index in [9.17, 15) is 9.59 Å². The second-order valence-corrected chi connectivity index (χ2v) is 3.33. The normalized spacial score (nSPS) is 10.4. The summed E-state index contributed by atoms with van der Waals surface area (Å²) < 4.78 is 11.1. The van der Waals surface area contributed by atoms with Crippen molar-refractivity contribution in [2.45, 2.75) is 6.54 Å². The molecule has 1 aromatic heterocycles. The van der Waals surface area contributed by atoms with E-state index in [2.05, 4.69) is 9.84 Å². The van der Waals surface area contributed by atoms with E-state index in [-0.39, 0.29) is 11.3 Å². The average Bonchev–Trinajstić information content (AvgIpc) is 2.65. The van der Waals surface area contributed by atoms with Crippen LogP contribution in [0.25, 0.3) is 0 Å². The number of esters is 1. The Morgan fingerprint density at radius 3 is 2.94 bits per heavy atom. The lowest BCUT2D eigenvalue weighted by Crippen LogP contribution is -2.16. The molecule has 7 heteroatoms. The number of H-pyrrole nitrogens is 1. The molecule has 0 atom stereocenters. The van der Waals surface area contributed by atoms with Gasteiger partial charge in [-0.25, -0.2) is 4.79 Å². The van der Waals surface area contributed by atoms with Crippen LogP contribution in [0.5, 0.6) is 0 Å². The van der Waals surface area contributed by atoms with Gasteiger partial charge in [0.15, 0.2) is 0 Å². The molecule has 0 aliphatic rings. The summed E-state index contributed by atoms with van der Waals surface area (Å²) in [4.78, 5) is 22.3. The number of carbonyl (C=O) groups is 1. The van der Waals surface area contributed by atoms with Crippen molar-refractivity contribution < 1.29 is 14.3 Å². The number of hydrogen-bond donors (Lipinski definition) is 1. The highest BCUT2D eigenvalue weighted by Gasteiger charge is 2.13. The summed E-state index contributed by atoms with van der Waals surface area (Å²) in [6.45, 7) is 1.16. The van der Waals surface area contributed by atoms with Crippen LogP contribution in [0.3, 0.4) is 0 Å². The minimum Gasteiger partial charge on any atom is -0.464 e. The fourth-order valence-electron chi connectivity index (χ4n) is 1.19. The van der Waals surface area contributed by atoms with Crippen LogP contribution in [-0.4, -0.2) is 42.0 Å². The topological polar surface area (TPSA) is 73.3 Å². The van der Waals surface area contributed by atoms with Crippen molar-refractivity contribution in [2.75, 3.05) is 26.2 Å². The Labute approximate surface area is 97.1 Å². The molecule has 16 heavy (non-hydrogen) atoms. The number of ether oxygens (including phenoxy) is 2. The fourth-order valence-corrected chi connectivity index (χ4v) is 1.30. The minimum absolute atomic E-state index is 0.182. The summed E-state index contributed by atoms with van der Waals surface area (Å²) >= 11 is 5.43. The smallest absolute Gasteiger partial charge is 0.356 e. The number of aromatic nitrogens is 2. The van der Waals surface area contributed by atoms with Gasteiger partial charge in [0.05, 0.1) is 26.9 Å². The Bertz CT molecular complexity index is 398. The maximum Gasteiger partial charge on any atom is 0.356 e. The standard InChI is InChI=1S/C9H13ClN2O4/c1-15-9(14)7-6-8(13)11-12(7)3-5-16-4-2-10/h6H,2-5H2,1H3,(H,11,13). The molecule has 0 amide bonds. The van der Waals surface area contributed by atoms with E-state index in [0.29, 0.717) is 25.6 Å². The van der Waals surface area contributed by atoms with Crippen molar-refractivity contribution in [1.82, 2.24) is 9.78 Å². The maximum atomic E-state index is 11.3. The molecule has 1 heterocycles. The summed E-state index contributed by atoms with van der Waals surface area (Å²) in [5.74, 6) is -0.151. The van der Waals surface area contributed by atoms with Crippen LogP contribution in [0.1, 0.15) is 10.5 Å². The number of aromatic amines is 1. The van der Waals surface area contributed by atoms with Gasteiger partial charge in [0, 0.05) is 11.9 Å². The Morgan fingerprint density at radius 1 is 1.56 bits per heavy atom. The molecule has 1 N–H and O–H groups in total. The van der Waals surface area contributed by atoms with Crippen molar-refractivity contribution in [1.29, 1.82) is 0 Å². The zero-order valence-corrected chi connectivity index (χ0v) is 9.62. The number of nitrogens with zero attached hydrogens (tertiary/aromatic N) is 1. The lowest BCUT2D eigenvalue weighted by Gasteiger charge is -2.06. The van der Waals surface area contributed by atoms with Gasteiger partial charge in [-0.2, -0.15) is 0 Å². The summed E-state index contributed by atoms with van der Waals surface area (Å²) in [6.07, 6.45) is 0. The number of rotatable bonds is 6. The van der Waals surface area contributed by atoms with Gasteiger partial charge in [-0.3, -0.25) is 14.6 Å². The van der Waals surface area contributed by atoms with Crippen LogP contribution in [-0.2, 0) is 16.0 Å². The number of halogens is 1. The van der Waals surface area contributed by atoms with Crippen molar-refractivity contribution in [2.24, 2.45) is 0 Å². The molecule has 6 nitrogen and oxygen atoms in total. The van der Waals surface area contributed by atoms with Crippen LogP contribution in [0, 0.1) is 0 Å². The third-order valence-corrected chi connectivity index (χ3v) is 2.03. The summed E-state index contributed by atoms with van der Waals surface area (Å²) in [5, 5.41) is 2.48. The van der Waals surface area contributed by atoms with E-state index in [1.165, 1.54) is 17.9 Å². The first kappa shape index (κ1) is 12.8. The monoisotopic (exact) mass is 248 g/mol. The molecule has 1 rings (SSSR count). The number of carbonyl (C=O) groups excluding carboxylic acids is 1. The second kappa shape index (κ2) is 6.34. The third-order valence-electron chi connectivity index (χ3n) is 1.88. The Morgan fingerprint density at radius 2 is 2.31 bits per heavy atom. The first-order chi connectivity index (χ1) is 7.69. The van der Waals surface area contributed by atoms with E-state index in [0.717, 1.165) is 0 Å². The van der Waals surface area contributed by atoms with Crippen molar-refractivity contribution in [3.8, 4) is 0 Å². The molecule has 0 aliphatic heterocycles. The van der Waals surface area contributed by atoms with Crippen LogP contribution in [0.15, 0.2) is 10.9 Å². The highest BCUT2D eigenvalue weighted by Crippen LogP contribution is 1.97. The predicted octanol–water partition coefficient (Wildman–Crippen LogP) is 0.218. The molecule has 0 spiro atoms.